The molecular weight excluding hydrogens is 214 g/mol. The largest absolute Gasteiger partial charge is 0.478 e. The van der Waals surface area contributed by atoms with Gasteiger partial charge in [0.25, 0.3) is 0 Å². The Morgan fingerprint density at radius 3 is 3.00 bits per heavy atom. The molecule has 1 aliphatic rings. The fourth-order valence-corrected chi connectivity index (χ4v) is 2.55. The Bertz CT molecular complexity index is 409. The molecule has 0 aliphatic carbocycles. The Morgan fingerprint density at radius 1 is 1.53 bits per heavy atom. The van der Waals surface area contributed by atoms with Crippen LogP contribution in [0.4, 0.5) is 0 Å². The average Bonchev–Trinajstić information content (AvgIpc) is 2.33. The van der Waals surface area contributed by atoms with Gasteiger partial charge in [0, 0.05) is 0 Å². The van der Waals surface area contributed by atoms with Crippen LogP contribution >= 0.6 is 0 Å². The summed E-state index contributed by atoms with van der Waals surface area (Å²) in [6.07, 6.45) is 3.45. The van der Waals surface area contributed by atoms with Gasteiger partial charge in [0.1, 0.15) is 0 Å². The Balaban J connectivity index is 2.15. The number of carboxylic acid groups (broad SMARTS) is 1. The summed E-state index contributed by atoms with van der Waals surface area (Å²) >= 11 is 0. The number of hydrogen-bond acceptors (Lipinski definition) is 2. The zero-order valence-electron chi connectivity index (χ0n) is 10.2. The van der Waals surface area contributed by atoms with Crippen LogP contribution in [0, 0.1) is 12.8 Å². The third-order valence-electron chi connectivity index (χ3n) is 3.58. The van der Waals surface area contributed by atoms with Crippen LogP contribution in [0.1, 0.15) is 34.3 Å². The molecular formula is C14H19NO2. The summed E-state index contributed by atoms with van der Waals surface area (Å²) in [4.78, 5) is 11.1. The van der Waals surface area contributed by atoms with E-state index in [1.807, 2.05) is 13.0 Å². The van der Waals surface area contributed by atoms with Crippen molar-refractivity contribution in [1.82, 2.24) is 5.32 Å². The van der Waals surface area contributed by atoms with Crippen molar-refractivity contribution in [3.05, 3.63) is 34.9 Å². The zero-order chi connectivity index (χ0) is 12.3. The molecule has 0 saturated carbocycles. The van der Waals surface area contributed by atoms with Crippen LogP contribution in [0.3, 0.4) is 0 Å². The number of nitrogens with one attached hydrogen (secondary N) is 1. The van der Waals surface area contributed by atoms with Crippen LogP contribution in [0.25, 0.3) is 0 Å². The quantitative estimate of drug-likeness (QED) is 0.841. The molecule has 3 heteroatoms. The first-order chi connectivity index (χ1) is 8.18. The van der Waals surface area contributed by atoms with Crippen LogP contribution in [-0.4, -0.2) is 24.2 Å². The molecule has 1 atom stereocenters. The summed E-state index contributed by atoms with van der Waals surface area (Å²) in [5.41, 5.74) is 2.54. The van der Waals surface area contributed by atoms with Crippen LogP contribution in [0.2, 0.25) is 0 Å². The zero-order valence-corrected chi connectivity index (χ0v) is 10.2. The van der Waals surface area contributed by atoms with Crippen LogP contribution < -0.4 is 5.32 Å². The van der Waals surface area contributed by atoms with Crippen molar-refractivity contribution in [2.24, 2.45) is 5.92 Å². The first kappa shape index (κ1) is 12.1. The Morgan fingerprint density at radius 2 is 2.35 bits per heavy atom. The number of carboxylic acids is 1. The molecule has 92 valence electrons. The predicted octanol–water partition coefficient (Wildman–Crippen LogP) is 2.24. The average molecular weight is 233 g/mol. The molecule has 1 saturated heterocycles. The Hall–Kier alpha value is -1.35. The van der Waals surface area contributed by atoms with Crippen molar-refractivity contribution in [2.45, 2.75) is 26.2 Å². The van der Waals surface area contributed by atoms with Gasteiger partial charge in [0.05, 0.1) is 5.56 Å². The SMILES string of the molecule is Cc1c(CC2CCCNC2)cccc1C(=O)O. The van der Waals surface area contributed by atoms with E-state index >= 15 is 0 Å². The number of rotatable bonds is 3. The van der Waals surface area contributed by atoms with Gasteiger partial charge in [-0.1, -0.05) is 12.1 Å². The highest BCUT2D eigenvalue weighted by atomic mass is 16.4. The van der Waals surface area contributed by atoms with E-state index < -0.39 is 5.97 Å². The summed E-state index contributed by atoms with van der Waals surface area (Å²) < 4.78 is 0. The van der Waals surface area contributed by atoms with Gasteiger partial charge >= 0.3 is 5.97 Å². The highest BCUT2D eigenvalue weighted by Crippen LogP contribution is 2.21. The molecule has 1 aliphatic heterocycles. The highest BCUT2D eigenvalue weighted by Gasteiger charge is 2.16. The molecule has 0 radical (unpaired) electrons. The lowest BCUT2D eigenvalue weighted by atomic mass is 9.89. The van der Waals surface area contributed by atoms with Crippen molar-refractivity contribution in [3.8, 4) is 0 Å². The van der Waals surface area contributed by atoms with Gasteiger partial charge in [-0.25, -0.2) is 4.79 Å². The van der Waals surface area contributed by atoms with E-state index in [2.05, 4.69) is 11.4 Å². The second-order valence-electron chi connectivity index (χ2n) is 4.81. The lowest BCUT2D eigenvalue weighted by Gasteiger charge is -2.23. The minimum absolute atomic E-state index is 0.436. The lowest BCUT2D eigenvalue weighted by Crippen LogP contribution is -2.31. The van der Waals surface area contributed by atoms with E-state index in [0.29, 0.717) is 11.5 Å². The molecule has 1 heterocycles. The number of aromatic carboxylic acids is 1. The molecule has 1 aromatic carbocycles. The molecule has 2 N–H and O–H groups in total. The van der Waals surface area contributed by atoms with Gasteiger partial charge in [0.2, 0.25) is 0 Å². The molecule has 0 spiro atoms. The molecule has 3 nitrogen and oxygen atoms in total. The van der Waals surface area contributed by atoms with Crippen molar-refractivity contribution < 1.29 is 9.90 Å². The molecule has 17 heavy (non-hydrogen) atoms. The second-order valence-corrected chi connectivity index (χ2v) is 4.81. The predicted molar refractivity (Wildman–Crippen MR) is 67.4 cm³/mol. The van der Waals surface area contributed by atoms with Gasteiger partial charge in [-0.2, -0.15) is 0 Å². The molecule has 0 bridgehead atoms. The maximum absolute atomic E-state index is 11.1. The molecule has 1 unspecified atom stereocenters. The normalized spacial score (nSPS) is 20.2. The van der Waals surface area contributed by atoms with Crippen LogP contribution in [-0.2, 0) is 6.42 Å². The molecule has 0 aromatic heterocycles. The maximum Gasteiger partial charge on any atom is 0.335 e. The van der Waals surface area contributed by atoms with Gasteiger partial charge in [-0.3, -0.25) is 0 Å². The number of benzene rings is 1. The summed E-state index contributed by atoms with van der Waals surface area (Å²) in [6, 6.07) is 5.58. The van der Waals surface area contributed by atoms with Gasteiger partial charge in [-0.05, 0) is 62.4 Å². The Labute approximate surface area is 102 Å². The third-order valence-corrected chi connectivity index (χ3v) is 3.58. The maximum atomic E-state index is 11.1. The number of carbonyl (C=O) groups is 1. The number of hydrogen-bond donors (Lipinski definition) is 2. The van der Waals surface area contributed by atoms with Crippen LogP contribution in [0.5, 0.6) is 0 Å². The Kier molecular flexibility index (Phi) is 3.79. The van der Waals surface area contributed by atoms with Crippen molar-refractivity contribution in [2.75, 3.05) is 13.1 Å². The van der Waals surface area contributed by atoms with Crippen LogP contribution in [0.15, 0.2) is 18.2 Å². The summed E-state index contributed by atoms with van der Waals surface area (Å²) in [5, 5.41) is 12.5. The van der Waals surface area contributed by atoms with E-state index in [-0.39, 0.29) is 0 Å². The van der Waals surface area contributed by atoms with Gasteiger partial charge in [0.15, 0.2) is 0 Å². The molecule has 1 aromatic rings. The van der Waals surface area contributed by atoms with E-state index in [0.717, 1.165) is 25.1 Å². The third kappa shape index (κ3) is 2.86. The number of piperidine rings is 1. The molecule has 1 fully saturated rings. The van der Waals surface area contributed by atoms with E-state index in [9.17, 15) is 4.79 Å². The van der Waals surface area contributed by atoms with Gasteiger partial charge < -0.3 is 10.4 Å². The topological polar surface area (TPSA) is 49.3 Å². The first-order valence-corrected chi connectivity index (χ1v) is 6.21. The highest BCUT2D eigenvalue weighted by molar-refractivity contribution is 5.89. The van der Waals surface area contributed by atoms with E-state index in [1.165, 1.54) is 18.4 Å². The van der Waals surface area contributed by atoms with Crippen molar-refractivity contribution in [1.29, 1.82) is 0 Å². The first-order valence-electron chi connectivity index (χ1n) is 6.21. The van der Waals surface area contributed by atoms with Crippen molar-refractivity contribution >= 4 is 5.97 Å². The summed E-state index contributed by atoms with van der Waals surface area (Å²) in [6.45, 7) is 4.08. The molecule has 2 rings (SSSR count). The lowest BCUT2D eigenvalue weighted by molar-refractivity contribution is 0.0696. The van der Waals surface area contributed by atoms with Gasteiger partial charge in [-0.15, -0.1) is 0 Å². The van der Waals surface area contributed by atoms with E-state index in [4.69, 9.17) is 5.11 Å². The minimum Gasteiger partial charge on any atom is -0.478 e. The van der Waals surface area contributed by atoms with E-state index in [1.54, 1.807) is 6.07 Å². The smallest absolute Gasteiger partial charge is 0.335 e. The summed E-state index contributed by atoms with van der Waals surface area (Å²) in [7, 11) is 0. The van der Waals surface area contributed by atoms with Crippen molar-refractivity contribution in [3.63, 3.8) is 0 Å². The fourth-order valence-electron chi connectivity index (χ4n) is 2.55. The molecule has 0 amide bonds. The fraction of sp³-hybridized carbons (Fsp3) is 0.500. The summed E-state index contributed by atoms with van der Waals surface area (Å²) in [5.74, 6) is -0.183. The minimum atomic E-state index is -0.828. The second kappa shape index (κ2) is 5.32. The monoisotopic (exact) mass is 233 g/mol. The standard InChI is InChI=1S/C14H19NO2/c1-10-12(5-2-6-13(10)14(16)17)8-11-4-3-7-15-9-11/h2,5-6,11,15H,3-4,7-9H2,1H3,(H,16,17).